The van der Waals surface area contributed by atoms with Gasteiger partial charge in [-0.1, -0.05) is 12.7 Å². The highest BCUT2D eigenvalue weighted by Crippen LogP contribution is 2.35. The summed E-state index contributed by atoms with van der Waals surface area (Å²) in [6.07, 6.45) is 4.84. The van der Waals surface area contributed by atoms with Crippen molar-refractivity contribution in [2.75, 3.05) is 27.9 Å². The summed E-state index contributed by atoms with van der Waals surface area (Å²) in [5.41, 5.74) is 1.27. The molecule has 136 valence electrons. The molecule has 0 aliphatic carbocycles. The molecule has 0 N–H and O–H groups in total. The Morgan fingerprint density at radius 3 is 2.15 bits per heavy atom. The van der Waals surface area contributed by atoms with Gasteiger partial charge in [-0.05, 0) is 42.5 Å². The van der Waals surface area contributed by atoms with Gasteiger partial charge in [0, 0.05) is 17.2 Å². The van der Waals surface area contributed by atoms with Crippen LogP contribution in [-0.4, -0.2) is 33.7 Å². The largest absolute Gasteiger partial charge is 0.496 e. The average molecular weight is 354 g/mol. The third kappa shape index (κ3) is 4.66. The number of benzene rings is 2. The molecule has 0 radical (unpaired) electrons. The molecule has 0 saturated carbocycles. The van der Waals surface area contributed by atoms with Gasteiger partial charge in [0.15, 0.2) is 17.3 Å². The molecule has 5 heteroatoms. The molecule has 0 fully saturated rings. The first kappa shape index (κ1) is 19.1. The van der Waals surface area contributed by atoms with Crippen molar-refractivity contribution >= 4 is 11.9 Å². The molecule has 0 atom stereocenters. The number of hydrogen-bond donors (Lipinski definition) is 0. The molecule has 0 saturated heterocycles. The van der Waals surface area contributed by atoms with E-state index in [1.807, 2.05) is 0 Å². The van der Waals surface area contributed by atoms with Crippen molar-refractivity contribution < 1.29 is 23.7 Å². The van der Waals surface area contributed by atoms with E-state index >= 15 is 0 Å². The third-order valence-electron chi connectivity index (χ3n) is 3.66. The van der Waals surface area contributed by atoms with Crippen molar-refractivity contribution in [3.8, 4) is 23.0 Å². The predicted octanol–water partition coefficient (Wildman–Crippen LogP) is 4.17. The number of hydrogen-bond acceptors (Lipinski definition) is 5. The maximum Gasteiger partial charge on any atom is 0.185 e. The maximum absolute atomic E-state index is 12.4. The first-order valence-corrected chi connectivity index (χ1v) is 7.99. The quantitative estimate of drug-likeness (QED) is 0.384. The van der Waals surface area contributed by atoms with Crippen LogP contribution in [0.3, 0.4) is 0 Å². The molecular formula is C21H22O5. The molecule has 5 nitrogen and oxygen atoms in total. The minimum Gasteiger partial charge on any atom is -0.496 e. The van der Waals surface area contributed by atoms with E-state index in [0.29, 0.717) is 40.7 Å². The lowest BCUT2D eigenvalue weighted by molar-refractivity contribution is 0.104. The van der Waals surface area contributed by atoms with Gasteiger partial charge in [-0.25, -0.2) is 0 Å². The van der Waals surface area contributed by atoms with Crippen LogP contribution in [0.1, 0.15) is 15.9 Å². The van der Waals surface area contributed by atoms with Crippen molar-refractivity contribution in [1.82, 2.24) is 0 Å². The van der Waals surface area contributed by atoms with E-state index < -0.39 is 0 Å². The molecule has 0 spiro atoms. The Morgan fingerprint density at radius 2 is 1.58 bits per heavy atom. The number of allylic oxidation sites excluding steroid dienone is 1. The van der Waals surface area contributed by atoms with E-state index in [0.717, 1.165) is 0 Å². The van der Waals surface area contributed by atoms with Crippen LogP contribution in [0.2, 0.25) is 0 Å². The fourth-order valence-corrected chi connectivity index (χ4v) is 2.32. The van der Waals surface area contributed by atoms with E-state index in [-0.39, 0.29) is 5.78 Å². The molecule has 0 bridgehead atoms. The molecule has 0 unspecified atom stereocenters. The van der Waals surface area contributed by atoms with Crippen LogP contribution < -0.4 is 18.9 Å². The standard InChI is InChI=1S/C21H22O5/c1-5-12-26-17-9-6-15(7-10-17)18(22)11-8-16-13-20(24-3)21(25-4)14-19(16)23-2/h5-11,13-14H,1,12H2,2-4H3/b11-8+. The number of ketones is 1. The van der Waals surface area contributed by atoms with Gasteiger partial charge >= 0.3 is 0 Å². The van der Waals surface area contributed by atoms with Crippen LogP contribution >= 0.6 is 0 Å². The maximum atomic E-state index is 12.4. The molecule has 0 amide bonds. The van der Waals surface area contributed by atoms with Gasteiger partial charge in [0.2, 0.25) is 0 Å². The average Bonchev–Trinajstić information content (AvgIpc) is 2.69. The van der Waals surface area contributed by atoms with Gasteiger partial charge < -0.3 is 18.9 Å². The fraction of sp³-hybridized carbons (Fsp3) is 0.190. The van der Waals surface area contributed by atoms with Gasteiger partial charge in [0.25, 0.3) is 0 Å². The van der Waals surface area contributed by atoms with Crippen molar-refractivity contribution in [1.29, 1.82) is 0 Å². The van der Waals surface area contributed by atoms with Crippen LogP contribution in [0, 0.1) is 0 Å². The highest BCUT2D eigenvalue weighted by atomic mass is 16.5. The minimum atomic E-state index is -0.128. The van der Waals surface area contributed by atoms with Crippen LogP contribution in [0.5, 0.6) is 23.0 Å². The van der Waals surface area contributed by atoms with Gasteiger partial charge in [-0.2, -0.15) is 0 Å². The van der Waals surface area contributed by atoms with E-state index in [2.05, 4.69) is 6.58 Å². The van der Waals surface area contributed by atoms with Crippen molar-refractivity contribution in [2.24, 2.45) is 0 Å². The lowest BCUT2D eigenvalue weighted by Gasteiger charge is -2.12. The Morgan fingerprint density at radius 1 is 0.962 bits per heavy atom. The summed E-state index contributed by atoms with van der Waals surface area (Å²) in [4.78, 5) is 12.4. The number of carbonyl (C=O) groups is 1. The lowest BCUT2D eigenvalue weighted by Crippen LogP contribution is -1.97. The Balaban J connectivity index is 2.20. The van der Waals surface area contributed by atoms with Crippen LogP contribution in [-0.2, 0) is 0 Å². The van der Waals surface area contributed by atoms with Crippen molar-refractivity contribution in [3.63, 3.8) is 0 Å². The van der Waals surface area contributed by atoms with Crippen molar-refractivity contribution in [3.05, 3.63) is 66.3 Å². The molecule has 2 aromatic rings. The summed E-state index contributed by atoms with van der Waals surface area (Å²) in [6.45, 7) is 4.02. The first-order valence-electron chi connectivity index (χ1n) is 7.99. The Hall–Kier alpha value is -3.21. The molecular weight excluding hydrogens is 332 g/mol. The summed E-state index contributed by atoms with van der Waals surface area (Å²) in [7, 11) is 4.67. The molecule has 0 heterocycles. The minimum absolute atomic E-state index is 0.128. The molecule has 0 aliphatic rings. The smallest absolute Gasteiger partial charge is 0.185 e. The van der Waals surface area contributed by atoms with Crippen molar-refractivity contribution in [2.45, 2.75) is 0 Å². The zero-order chi connectivity index (χ0) is 18.9. The molecule has 0 aromatic heterocycles. The summed E-state index contributed by atoms with van der Waals surface area (Å²) < 4.78 is 21.3. The second kappa shape index (κ2) is 9.32. The van der Waals surface area contributed by atoms with Crippen LogP contribution in [0.15, 0.2) is 55.1 Å². The molecule has 26 heavy (non-hydrogen) atoms. The van der Waals surface area contributed by atoms with E-state index in [1.54, 1.807) is 69.9 Å². The second-order valence-corrected chi connectivity index (χ2v) is 5.27. The Labute approximate surface area is 153 Å². The molecule has 2 rings (SSSR count). The highest BCUT2D eigenvalue weighted by molar-refractivity contribution is 6.07. The number of ether oxygens (including phenoxy) is 4. The first-order chi connectivity index (χ1) is 12.6. The normalized spacial score (nSPS) is 10.4. The Bertz CT molecular complexity index is 791. The number of methoxy groups -OCH3 is 3. The van der Waals surface area contributed by atoms with Crippen LogP contribution in [0.25, 0.3) is 6.08 Å². The zero-order valence-electron chi connectivity index (χ0n) is 15.2. The fourth-order valence-electron chi connectivity index (χ4n) is 2.32. The predicted molar refractivity (Wildman–Crippen MR) is 102 cm³/mol. The van der Waals surface area contributed by atoms with Crippen LogP contribution in [0.4, 0.5) is 0 Å². The third-order valence-corrected chi connectivity index (χ3v) is 3.66. The lowest BCUT2D eigenvalue weighted by atomic mass is 10.1. The SMILES string of the molecule is C=CCOc1ccc(C(=O)/C=C/c2cc(OC)c(OC)cc2OC)cc1. The summed E-state index contributed by atoms with van der Waals surface area (Å²) in [6, 6.07) is 10.4. The van der Waals surface area contributed by atoms with Gasteiger partial charge in [-0.15, -0.1) is 0 Å². The summed E-state index contributed by atoms with van der Waals surface area (Å²) in [5.74, 6) is 2.26. The topological polar surface area (TPSA) is 54.0 Å². The Kier molecular flexibility index (Phi) is 6.85. The van der Waals surface area contributed by atoms with E-state index in [9.17, 15) is 4.79 Å². The number of carbonyl (C=O) groups excluding carboxylic acids is 1. The second-order valence-electron chi connectivity index (χ2n) is 5.27. The zero-order valence-corrected chi connectivity index (χ0v) is 15.2. The molecule has 0 aliphatic heterocycles. The summed E-state index contributed by atoms with van der Waals surface area (Å²) >= 11 is 0. The monoisotopic (exact) mass is 354 g/mol. The number of rotatable bonds is 9. The highest BCUT2D eigenvalue weighted by Gasteiger charge is 2.10. The van der Waals surface area contributed by atoms with Gasteiger partial charge in [0.05, 0.1) is 21.3 Å². The van der Waals surface area contributed by atoms with E-state index in [4.69, 9.17) is 18.9 Å². The van der Waals surface area contributed by atoms with Gasteiger partial charge in [-0.3, -0.25) is 4.79 Å². The van der Waals surface area contributed by atoms with Gasteiger partial charge in [0.1, 0.15) is 18.1 Å². The summed E-state index contributed by atoms with van der Waals surface area (Å²) in [5, 5.41) is 0. The molecule has 2 aromatic carbocycles. The van der Waals surface area contributed by atoms with E-state index in [1.165, 1.54) is 6.08 Å².